The summed E-state index contributed by atoms with van der Waals surface area (Å²) in [5.41, 5.74) is 1.84. The largest absolute Gasteiger partial charge is 0.497 e. The quantitative estimate of drug-likeness (QED) is 0.580. The van der Waals surface area contributed by atoms with Gasteiger partial charge in [-0.15, -0.1) is 17.9 Å². The van der Waals surface area contributed by atoms with Gasteiger partial charge in [-0.1, -0.05) is 18.2 Å². The van der Waals surface area contributed by atoms with Gasteiger partial charge in [-0.3, -0.25) is 9.69 Å². The van der Waals surface area contributed by atoms with Crippen LogP contribution in [0.1, 0.15) is 12.5 Å². The summed E-state index contributed by atoms with van der Waals surface area (Å²) < 4.78 is 5.28. The third-order valence-corrected chi connectivity index (χ3v) is 5.47. The van der Waals surface area contributed by atoms with Crippen molar-refractivity contribution in [1.82, 2.24) is 9.88 Å². The molecule has 0 N–H and O–H groups in total. The predicted molar refractivity (Wildman–Crippen MR) is 104 cm³/mol. The van der Waals surface area contributed by atoms with Crippen LogP contribution in [0.3, 0.4) is 0 Å². The second-order valence-corrected chi connectivity index (χ2v) is 7.05. The zero-order valence-corrected chi connectivity index (χ0v) is 15.6. The highest BCUT2D eigenvalue weighted by molar-refractivity contribution is 8.18. The predicted octanol–water partition coefficient (Wildman–Crippen LogP) is 4.33. The molecule has 1 aliphatic heterocycles. The summed E-state index contributed by atoms with van der Waals surface area (Å²) in [7, 11) is 1.63. The van der Waals surface area contributed by atoms with Gasteiger partial charge in [0.05, 0.1) is 12.0 Å². The molecule has 5 nitrogen and oxygen atoms in total. The van der Waals surface area contributed by atoms with Gasteiger partial charge in [-0.25, -0.2) is 4.98 Å². The minimum atomic E-state index is -0.0690. The van der Waals surface area contributed by atoms with Crippen molar-refractivity contribution in [3.05, 3.63) is 59.0 Å². The molecule has 1 saturated heterocycles. The number of nitrogens with zero attached hydrogens (tertiary/aromatic N) is 3. The summed E-state index contributed by atoms with van der Waals surface area (Å²) in [5.74, 6) is 0.688. The third-order valence-electron chi connectivity index (χ3n) is 3.63. The summed E-state index contributed by atoms with van der Waals surface area (Å²) in [4.78, 5) is 23.8. The second kappa shape index (κ2) is 7.67. The van der Waals surface area contributed by atoms with E-state index in [1.807, 2.05) is 36.6 Å². The molecule has 7 heteroatoms. The molecule has 1 aromatic heterocycles. The number of rotatable bonds is 5. The lowest BCUT2D eigenvalue weighted by Crippen LogP contribution is -2.29. The van der Waals surface area contributed by atoms with E-state index in [0.717, 1.165) is 16.9 Å². The lowest BCUT2D eigenvalue weighted by molar-refractivity contribution is -0.121. The van der Waals surface area contributed by atoms with Crippen LogP contribution in [0.15, 0.2) is 58.4 Å². The maximum Gasteiger partial charge on any atom is 0.267 e. The van der Waals surface area contributed by atoms with Crippen molar-refractivity contribution in [3.8, 4) is 5.75 Å². The molecule has 0 aliphatic carbocycles. The van der Waals surface area contributed by atoms with Gasteiger partial charge in [0.1, 0.15) is 5.75 Å². The highest BCUT2D eigenvalue weighted by Gasteiger charge is 2.34. The Morgan fingerprint density at radius 2 is 2.32 bits per heavy atom. The minimum absolute atomic E-state index is 0.0690. The van der Waals surface area contributed by atoms with Crippen molar-refractivity contribution in [2.24, 2.45) is 4.99 Å². The number of aliphatic imine (C=N–C) groups is 1. The number of thioether (sulfide) groups is 1. The van der Waals surface area contributed by atoms with Gasteiger partial charge in [-0.05, 0) is 42.0 Å². The Balaban J connectivity index is 2.01. The van der Waals surface area contributed by atoms with E-state index in [9.17, 15) is 4.79 Å². The average Bonchev–Trinajstić information content (AvgIpc) is 3.25. The Hall–Kier alpha value is -2.38. The van der Waals surface area contributed by atoms with Gasteiger partial charge in [0.15, 0.2) is 5.17 Å². The normalized spacial score (nSPS) is 17.9. The molecule has 1 aromatic carbocycles. The Morgan fingerprint density at radius 1 is 1.48 bits per heavy atom. The fraction of sp³-hybridized carbons (Fsp3) is 0.167. The van der Waals surface area contributed by atoms with Crippen LogP contribution in [-0.4, -0.2) is 34.6 Å². The molecule has 1 amide bonds. The number of hydrogen-bond acceptors (Lipinski definition) is 6. The highest BCUT2D eigenvalue weighted by Crippen LogP contribution is 2.38. The van der Waals surface area contributed by atoms with Crippen molar-refractivity contribution < 1.29 is 9.53 Å². The van der Waals surface area contributed by atoms with E-state index in [1.54, 1.807) is 24.3 Å². The molecule has 1 aliphatic rings. The van der Waals surface area contributed by atoms with Crippen molar-refractivity contribution in [1.29, 1.82) is 0 Å². The van der Waals surface area contributed by atoms with Gasteiger partial charge >= 0.3 is 0 Å². The summed E-state index contributed by atoms with van der Waals surface area (Å²) in [6, 6.07) is 7.68. The monoisotopic (exact) mass is 371 g/mol. The zero-order valence-electron chi connectivity index (χ0n) is 13.9. The number of carbonyl (C=O) groups is 1. The summed E-state index contributed by atoms with van der Waals surface area (Å²) in [6.07, 6.45) is 3.39. The summed E-state index contributed by atoms with van der Waals surface area (Å²) in [6.45, 7) is 6.08. The van der Waals surface area contributed by atoms with E-state index in [1.165, 1.54) is 23.1 Å². The Bertz CT molecular complexity index is 857. The average molecular weight is 371 g/mol. The van der Waals surface area contributed by atoms with Crippen LogP contribution in [0.25, 0.3) is 5.57 Å². The molecule has 0 unspecified atom stereocenters. The topological polar surface area (TPSA) is 54.8 Å². The van der Waals surface area contributed by atoms with E-state index in [2.05, 4.69) is 16.6 Å². The molecule has 2 heterocycles. The number of allylic oxidation sites excluding steroid dienone is 1. The molecule has 0 radical (unpaired) electrons. The highest BCUT2D eigenvalue weighted by atomic mass is 32.2. The number of thiazole rings is 1. The van der Waals surface area contributed by atoms with E-state index < -0.39 is 0 Å². The molecule has 0 spiro atoms. The number of carbonyl (C=O) groups excluding carboxylic acids is 1. The van der Waals surface area contributed by atoms with Crippen LogP contribution >= 0.6 is 23.1 Å². The molecule has 3 rings (SSSR count). The maximum absolute atomic E-state index is 12.9. The minimum Gasteiger partial charge on any atom is -0.497 e. The molecular weight excluding hydrogens is 354 g/mol. The molecule has 0 bridgehead atoms. The number of methoxy groups -OCH3 is 1. The fourth-order valence-corrected chi connectivity index (χ4v) is 3.96. The first-order chi connectivity index (χ1) is 12.1. The summed E-state index contributed by atoms with van der Waals surface area (Å²) >= 11 is 2.80. The number of ether oxygens (including phenoxy) is 1. The van der Waals surface area contributed by atoms with Crippen molar-refractivity contribution in [2.45, 2.75) is 6.92 Å². The number of amides is 1. The van der Waals surface area contributed by atoms with Crippen molar-refractivity contribution >= 4 is 44.9 Å². The van der Waals surface area contributed by atoms with E-state index in [-0.39, 0.29) is 5.91 Å². The van der Waals surface area contributed by atoms with Crippen LogP contribution in [0.5, 0.6) is 5.75 Å². The molecule has 25 heavy (non-hydrogen) atoms. The first-order valence-electron chi connectivity index (χ1n) is 7.58. The number of benzene rings is 1. The van der Waals surface area contributed by atoms with E-state index >= 15 is 0 Å². The van der Waals surface area contributed by atoms with Crippen LogP contribution in [-0.2, 0) is 4.79 Å². The smallest absolute Gasteiger partial charge is 0.267 e. The molecule has 128 valence electrons. The standard InChI is InChI=1S/C18H17N3O2S2/c1-4-9-21-16(22)15(25-18(21)20-17-19-8-10-24-17)12(2)13-6-5-7-14(11-13)23-3/h4-8,10-11H,1,9H2,2-3H3/b15-12-,20-18+. The van der Waals surface area contributed by atoms with Gasteiger partial charge in [0.25, 0.3) is 5.91 Å². The number of hydrogen-bond donors (Lipinski definition) is 0. The lowest BCUT2D eigenvalue weighted by atomic mass is 10.1. The number of amidine groups is 1. The molecule has 1 fully saturated rings. The van der Waals surface area contributed by atoms with Crippen LogP contribution in [0, 0.1) is 0 Å². The Labute approximate surface area is 154 Å². The lowest BCUT2D eigenvalue weighted by Gasteiger charge is -2.12. The molecule has 2 aromatic rings. The molecular formula is C18H17N3O2S2. The molecule has 0 atom stereocenters. The zero-order chi connectivity index (χ0) is 17.8. The van der Waals surface area contributed by atoms with Crippen molar-refractivity contribution in [2.75, 3.05) is 13.7 Å². The van der Waals surface area contributed by atoms with Gasteiger partial charge in [0, 0.05) is 18.1 Å². The fourth-order valence-electron chi connectivity index (χ4n) is 2.35. The SMILES string of the molecule is C=CCN1C(=O)/C(=C(\C)c2cccc(OC)c2)S/C1=N/c1nccs1. The van der Waals surface area contributed by atoms with Gasteiger partial charge in [-0.2, -0.15) is 4.99 Å². The van der Waals surface area contributed by atoms with Gasteiger partial charge < -0.3 is 4.74 Å². The Kier molecular flexibility index (Phi) is 5.35. The van der Waals surface area contributed by atoms with Crippen LogP contribution in [0.4, 0.5) is 5.13 Å². The van der Waals surface area contributed by atoms with Crippen molar-refractivity contribution in [3.63, 3.8) is 0 Å². The Morgan fingerprint density at radius 3 is 3.00 bits per heavy atom. The maximum atomic E-state index is 12.9. The second-order valence-electron chi connectivity index (χ2n) is 5.20. The van der Waals surface area contributed by atoms with E-state index in [4.69, 9.17) is 4.74 Å². The van der Waals surface area contributed by atoms with Crippen LogP contribution < -0.4 is 4.74 Å². The first kappa shape index (κ1) is 17.4. The summed E-state index contributed by atoms with van der Waals surface area (Å²) in [5, 5.41) is 3.11. The van der Waals surface area contributed by atoms with Crippen LogP contribution in [0.2, 0.25) is 0 Å². The number of aromatic nitrogens is 1. The molecule has 0 saturated carbocycles. The van der Waals surface area contributed by atoms with E-state index in [0.29, 0.717) is 21.7 Å². The third kappa shape index (κ3) is 3.67. The van der Waals surface area contributed by atoms with Gasteiger partial charge in [0.2, 0.25) is 5.13 Å². The first-order valence-corrected chi connectivity index (χ1v) is 9.27.